The van der Waals surface area contributed by atoms with Crippen molar-refractivity contribution in [2.24, 2.45) is 5.10 Å². The molecule has 0 spiro atoms. The molecular formula is C24H23FN4O4. The van der Waals surface area contributed by atoms with Crippen molar-refractivity contribution in [1.82, 2.24) is 5.43 Å². The number of hydrogen-bond donors (Lipinski definition) is 3. The number of ether oxygens (including phenoxy) is 2. The Morgan fingerprint density at radius 1 is 1.00 bits per heavy atom. The first-order valence-corrected chi connectivity index (χ1v) is 9.96. The molecule has 3 rings (SSSR count). The zero-order valence-electron chi connectivity index (χ0n) is 18.1. The third-order valence-corrected chi connectivity index (χ3v) is 4.45. The van der Waals surface area contributed by atoms with Crippen LogP contribution in [-0.2, 0) is 4.79 Å². The molecule has 9 heteroatoms. The summed E-state index contributed by atoms with van der Waals surface area (Å²) in [5, 5.41) is 9.24. The maximum Gasteiger partial charge on any atom is 0.339 e. The molecule has 8 nitrogen and oxygen atoms in total. The zero-order valence-corrected chi connectivity index (χ0v) is 18.1. The van der Waals surface area contributed by atoms with Crippen LogP contribution in [0.1, 0.15) is 11.1 Å². The van der Waals surface area contributed by atoms with Crippen molar-refractivity contribution in [1.29, 1.82) is 0 Å². The molecule has 0 fully saturated rings. The number of anilines is 2. The van der Waals surface area contributed by atoms with Crippen LogP contribution in [-0.4, -0.2) is 31.9 Å². The first-order valence-electron chi connectivity index (χ1n) is 9.96. The van der Waals surface area contributed by atoms with Crippen molar-refractivity contribution in [3.05, 3.63) is 83.7 Å². The number of aryl methyl sites for hydroxylation is 1. The van der Waals surface area contributed by atoms with Gasteiger partial charge in [-0.05, 0) is 66.6 Å². The Bertz CT molecular complexity index is 1150. The number of rotatable bonds is 8. The van der Waals surface area contributed by atoms with Crippen LogP contribution in [0.2, 0.25) is 0 Å². The summed E-state index contributed by atoms with van der Waals surface area (Å²) in [7, 11) is 1.47. The smallest absolute Gasteiger partial charge is 0.339 e. The summed E-state index contributed by atoms with van der Waals surface area (Å²) >= 11 is 0. The molecule has 0 atom stereocenters. The third-order valence-electron chi connectivity index (χ3n) is 4.45. The molecule has 0 aromatic heterocycles. The molecule has 33 heavy (non-hydrogen) atoms. The normalized spacial score (nSPS) is 10.5. The largest absolute Gasteiger partial charge is 0.493 e. The Hall–Kier alpha value is -4.40. The van der Waals surface area contributed by atoms with E-state index in [2.05, 4.69) is 21.2 Å². The number of urea groups is 1. The number of carbonyl (C=O) groups excluding carboxylic acids is 2. The van der Waals surface area contributed by atoms with Crippen molar-refractivity contribution < 1.29 is 23.5 Å². The van der Waals surface area contributed by atoms with E-state index in [1.54, 1.807) is 24.3 Å². The Balaban J connectivity index is 1.53. The van der Waals surface area contributed by atoms with E-state index in [1.807, 2.05) is 25.1 Å². The van der Waals surface area contributed by atoms with Crippen LogP contribution in [0, 0.1) is 12.7 Å². The molecule has 0 saturated carbocycles. The first-order chi connectivity index (χ1) is 15.9. The van der Waals surface area contributed by atoms with Crippen molar-refractivity contribution in [3.8, 4) is 11.5 Å². The molecule has 0 unspecified atom stereocenters. The highest BCUT2D eigenvalue weighted by molar-refractivity contribution is 5.92. The Morgan fingerprint density at radius 2 is 1.76 bits per heavy atom. The molecule has 3 N–H and O–H groups in total. The van der Waals surface area contributed by atoms with Gasteiger partial charge in [-0.25, -0.2) is 14.6 Å². The molecule has 3 amide bonds. The number of methoxy groups -OCH3 is 1. The summed E-state index contributed by atoms with van der Waals surface area (Å²) in [5.41, 5.74) is 5.13. The molecule has 0 radical (unpaired) electrons. The van der Waals surface area contributed by atoms with Gasteiger partial charge in [0.1, 0.15) is 5.82 Å². The second kappa shape index (κ2) is 11.3. The summed E-state index contributed by atoms with van der Waals surface area (Å²) in [6.45, 7) is 1.63. The molecule has 0 aliphatic rings. The van der Waals surface area contributed by atoms with Gasteiger partial charge in [0.15, 0.2) is 18.1 Å². The van der Waals surface area contributed by atoms with Crippen LogP contribution in [0.3, 0.4) is 0 Å². The fraction of sp³-hybridized carbons (Fsp3) is 0.125. The topological polar surface area (TPSA) is 101 Å². The van der Waals surface area contributed by atoms with Crippen LogP contribution >= 0.6 is 0 Å². The average molecular weight is 450 g/mol. The highest BCUT2D eigenvalue weighted by Crippen LogP contribution is 2.27. The van der Waals surface area contributed by atoms with E-state index >= 15 is 0 Å². The second-order valence-corrected chi connectivity index (χ2v) is 6.89. The van der Waals surface area contributed by atoms with E-state index in [-0.39, 0.29) is 12.4 Å². The number of para-hydroxylation sites is 1. The van der Waals surface area contributed by atoms with Crippen LogP contribution in [0.5, 0.6) is 11.5 Å². The second-order valence-electron chi connectivity index (χ2n) is 6.89. The predicted octanol–water partition coefficient (Wildman–Crippen LogP) is 4.32. The Labute approximate surface area is 190 Å². The lowest BCUT2D eigenvalue weighted by atomic mass is 10.2. The van der Waals surface area contributed by atoms with Crippen molar-refractivity contribution in [2.45, 2.75) is 6.92 Å². The van der Waals surface area contributed by atoms with Gasteiger partial charge in [0.05, 0.1) is 13.3 Å². The van der Waals surface area contributed by atoms with Crippen LogP contribution in [0.4, 0.5) is 20.6 Å². The van der Waals surface area contributed by atoms with E-state index in [0.29, 0.717) is 28.4 Å². The maximum absolute atomic E-state index is 12.9. The molecule has 3 aromatic rings. The number of halogens is 1. The third kappa shape index (κ3) is 7.06. The molecular weight excluding hydrogens is 427 g/mol. The summed E-state index contributed by atoms with van der Waals surface area (Å²) in [6.07, 6.45) is 1.45. The van der Waals surface area contributed by atoms with Gasteiger partial charge in [-0.1, -0.05) is 18.2 Å². The highest BCUT2D eigenvalue weighted by atomic mass is 19.1. The van der Waals surface area contributed by atoms with Crippen molar-refractivity contribution in [3.63, 3.8) is 0 Å². The summed E-state index contributed by atoms with van der Waals surface area (Å²) < 4.78 is 23.8. The van der Waals surface area contributed by atoms with Gasteiger partial charge in [-0.15, -0.1) is 0 Å². The number of benzene rings is 3. The van der Waals surface area contributed by atoms with E-state index < -0.39 is 11.9 Å². The van der Waals surface area contributed by atoms with E-state index in [9.17, 15) is 14.0 Å². The SMILES string of the molecule is COc1cc(C=NNC(=O)Nc2ccccc2C)ccc1OCC(=O)Nc1ccc(F)cc1. The Morgan fingerprint density at radius 3 is 2.48 bits per heavy atom. The van der Waals surface area contributed by atoms with E-state index in [4.69, 9.17) is 9.47 Å². The standard InChI is InChI=1S/C24H23FN4O4/c1-16-5-3-4-6-20(16)28-24(31)29-26-14-17-7-12-21(22(13-17)32-2)33-15-23(30)27-19-10-8-18(25)9-11-19/h3-14H,15H2,1-2H3,(H,27,30)(H2,28,29,31). The number of hydrogen-bond acceptors (Lipinski definition) is 5. The lowest BCUT2D eigenvalue weighted by Gasteiger charge is -2.11. The van der Waals surface area contributed by atoms with Crippen molar-refractivity contribution >= 4 is 29.5 Å². The van der Waals surface area contributed by atoms with Gasteiger partial charge in [-0.2, -0.15) is 5.10 Å². The molecule has 0 bridgehead atoms. The minimum absolute atomic E-state index is 0.262. The van der Waals surface area contributed by atoms with Gasteiger partial charge >= 0.3 is 6.03 Å². The minimum atomic E-state index is -0.473. The van der Waals surface area contributed by atoms with Crippen LogP contribution in [0.25, 0.3) is 0 Å². The van der Waals surface area contributed by atoms with Gasteiger partial charge in [0, 0.05) is 11.4 Å². The Kier molecular flexibility index (Phi) is 7.96. The zero-order chi connectivity index (χ0) is 23.6. The van der Waals surface area contributed by atoms with Crippen LogP contribution in [0.15, 0.2) is 71.8 Å². The highest BCUT2D eigenvalue weighted by Gasteiger charge is 2.09. The summed E-state index contributed by atoms with van der Waals surface area (Å²) in [5.74, 6) is -0.0510. The van der Waals surface area contributed by atoms with Gasteiger partial charge in [0.25, 0.3) is 5.91 Å². The number of nitrogens with one attached hydrogen (secondary N) is 3. The number of hydrazone groups is 1. The maximum atomic E-state index is 12.9. The molecule has 0 heterocycles. The average Bonchev–Trinajstić information content (AvgIpc) is 2.81. The minimum Gasteiger partial charge on any atom is -0.493 e. The number of nitrogens with zero attached hydrogens (tertiary/aromatic N) is 1. The fourth-order valence-corrected chi connectivity index (χ4v) is 2.79. The quantitative estimate of drug-likeness (QED) is 0.352. The summed E-state index contributed by atoms with van der Waals surface area (Å²) in [4.78, 5) is 24.0. The van der Waals surface area contributed by atoms with Crippen molar-refractivity contribution in [2.75, 3.05) is 24.4 Å². The monoisotopic (exact) mass is 450 g/mol. The van der Waals surface area contributed by atoms with E-state index in [0.717, 1.165) is 5.56 Å². The molecule has 0 aliphatic carbocycles. The number of amides is 3. The van der Waals surface area contributed by atoms with Gasteiger partial charge in [0.2, 0.25) is 0 Å². The summed E-state index contributed by atoms with van der Waals surface area (Å²) in [6, 6.07) is 17.3. The van der Waals surface area contributed by atoms with Gasteiger partial charge < -0.3 is 20.1 Å². The number of carbonyl (C=O) groups is 2. The van der Waals surface area contributed by atoms with Crippen LogP contribution < -0.4 is 25.5 Å². The first kappa shape index (κ1) is 23.3. The van der Waals surface area contributed by atoms with Gasteiger partial charge in [-0.3, -0.25) is 4.79 Å². The molecule has 3 aromatic carbocycles. The molecule has 0 saturated heterocycles. The predicted molar refractivity (Wildman–Crippen MR) is 124 cm³/mol. The lowest BCUT2D eigenvalue weighted by Crippen LogP contribution is -2.24. The van der Waals surface area contributed by atoms with E-state index in [1.165, 1.54) is 37.6 Å². The molecule has 0 aliphatic heterocycles. The lowest BCUT2D eigenvalue weighted by molar-refractivity contribution is -0.118. The fourth-order valence-electron chi connectivity index (χ4n) is 2.79. The molecule has 170 valence electrons.